The second-order valence-electron chi connectivity index (χ2n) is 4.81. The molecule has 0 amide bonds. The molecule has 2 aromatic heterocycles. The SMILES string of the molecule is CC(Nc1ccc(-n2cccn2)nc1)c1ccc(O)cc1. The van der Waals surface area contributed by atoms with Crippen LogP contribution >= 0.6 is 0 Å². The van der Waals surface area contributed by atoms with Crippen molar-refractivity contribution in [1.29, 1.82) is 0 Å². The monoisotopic (exact) mass is 280 g/mol. The molecule has 1 atom stereocenters. The van der Waals surface area contributed by atoms with Crippen molar-refractivity contribution in [3.63, 3.8) is 0 Å². The minimum Gasteiger partial charge on any atom is -0.508 e. The number of rotatable bonds is 4. The Morgan fingerprint density at radius 2 is 1.95 bits per heavy atom. The second kappa shape index (κ2) is 5.66. The molecule has 2 heterocycles. The third kappa shape index (κ3) is 3.02. The zero-order chi connectivity index (χ0) is 14.7. The van der Waals surface area contributed by atoms with E-state index in [0.717, 1.165) is 17.1 Å². The van der Waals surface area contributed by atoms with Gasteiger partial charge in [-0.1, -0.05) is 12.1 Å². The molecule has 0 saturated heterocycles. The number of hydrogen-bond acceptors (Lipinski definition) is 4. The highest BCUT2D eigenvalue weighted by atomic mass is 16.3. The van der Waals surface area contributed by atoms with Crippen LogP contribution in [-0.4, -0.2) is 19.9 Å². The van der Waals surface area contributed by atoms with Gasteiger partial charge in [0.25, 0.3) is 0 Å². The summed E-state index contributed by atoms with van der Waals surface area (Å²) in [5.41, 5.74) is 2.04. The van der Waals surface area contributed by atoms with Gasteiger partial charge in [0, 0.05) is 18.4 Å². The quantitative estimate of drug-likeness (QED) is 0.770. The first-order valence-electron chi connectivity index (χ1n) is 6.74. The standard InChI is InChI=1S/C16H16N4O/c1-12(13-3-6-15(21)7-4-13)19-14-5-8-16(17-11-14)20-10-2-9-18-20/h2-12,19,21H,1H3. The van der Waals surface area contributed by atoms with E-state index in [0.29, 0.717) is 0 Å². The average molecular weight is 280 g/mol. The fraction of sp³-hybridized carbons (Fsp3) is 0.125. The van der Waals surface area contributed by atoms with Crippen molar-refractivity contribution in [3.05, 3.63) is 66.6 Å². The summed E-state index contributed by atoms with van der Waals surface area (Å²) < 4.78 is 1.72. The highest BCUT2D eigenvalue weighted by Gasteiger charge is 2.06. The Kier molecular flexibility index (Phi) is 3.55. The largest absolute Gasteiger partial charge is 0.508 e. The maximum absolute atomic E-state index is 9.31. The van der Waals surface area contributed by atoms with Crippen LogP contribution in [0, 0.1) is 0 Å². The fourth-order valence-corrected chi connectivity index (χ4v) is 2.11. The third-order valence-electron chi connectivity index (χ3n) is 3.26. The molecular formula is C16H16N4O. The summed E-state index contributed by atoms with van der Waals surface area (Å²) in [6.45, 7) is 2.06. The molecule has 0 bridgehead atoms. The van der Waals surface area contributed by atoms with E-state index in [1.54, 1.807) is 29.2 Å². The van der Waals surface area contributed by atoms with E-state index in [1.165, 1.54) is 0 Å². The Bertz CT molecular complexity index is 690. The summed E-state index contributed by atoms with van der Waals surface area (Å²) in [6.07, 6.45) is 5.36. The van der Waals surface area contributed by atoms with Crippen molar-refractivity contribution in [1.82, 2.24) is 14.8 Å². The smallest absolute Gasteiger partial charge is 0.153 e. The molecule has 1 aromatic carbocycles. The fourth-order valence-electron chi connectivity index (χ4n) is 2.11. The molecule has 0 radical (unpaired) electrons. The van der Waals surface area contributed by atoms with Gasteiger partial charge in [0.15, 0.2) is 5.82 Å². The number of phenolic OH excluding ortho intramolecular Hbond substituents is 1. The molecule has 0 fully saturated rings. The highest BCUT2D eigenvalue weighted by Crippen LogP contribution is 2.21. The number of phenols is 1. The van der Waals surface area contributed by atoms with Crippen LogP contribution in [0.2, 0.25) is 0 Å². The number of nitrogens with one attached hydrogen (secondary N) is 1. The van der Waals surface area contributed by atoms with Gasteiger partial charge in [-0.25, -0.2) is 9.67 Å². The van der Waals surface area contributed by atoms with Gasteiger partial charge in [0.1, 0.15) is 5.75 Å². The molecular weight excluding hydrogens is 264 g/mol. The number of hydrogen-bond donors (Lipinski definition) is 2. The van der Waals surface area contributed by atoms with Gasteiger partial charge in [-0.2, -0.15) is 5.10 Å². The van der Waals surface area contributed by atoms with Crippen LogP contribution < -0.4 is 5.32 Å². The predicted octanol–water partition coefficient (Wildman–Crippen LogP) is 3.15. The average Bonchev–Trinajstić information content (AvgIpc) is 3.03. The molecule has 3 aromatic rings. The van der Waals surface area contributed by atoms with Gasteiger partial charge < -0.3 is 10.4 Å². The number of anilines is 1. The Morgan fingerprint density at radius 3 is 2.57 bits per heavy atom. The number of aromatic nitrogens is 3. The van der Waals surface area contributed by atoms with E-state index in [2.05, 4.69) is 22.3 Å². The molecule has 106 valence electrons. The maximum atomic E-state index is 9.31. The van der Waals surface area contributed by atoms with E-state index in [9.17, 15) is 5.11 Å². The molecule has 0 aliphatic heterocycles. The van der Waals surface area contributed by atoms with E-state index in [4.69, 9.17) is 0 Å². The first-order valence-corrected chi connectivity index (χ1v) is 6.74. The Morgan fingerprint density at radius 1 is 1.14 bits per heavy atom. The topological polar surface area (TPSA) is 63.0 Å². The molecule has 0 spiro atoms. The molecule has 21 heavy (non-hydrogen) atoms. The van der Waals surface area contributed by atoms with E-state index in [1.807, 2.05) is 36.5 Å². The van der Waals surface area contributed by atoms with Crippen LogP contribution in [0.25, 0.3) is 5.82 Å². The molecule has 0 saturated carbocycles. The van der Waals surface area contributed by atoms with Crippen molar-refractivity contribution in [2.24, 2.45) is 0 Å². The minimum absolute atomic E-state index is 0.128. The predicted molar refractivity (Wildman–Crippen MR) is 81.5 cm³/mol. The van der Waals surface area contributed by atoms with Gasteiger partial charge in [-0.3, -0.25) is 0 Å². The summed E-state index contributed by atoms with van der Waals surface area (Å²) in [5, 5.41) is 16.8. The number of nitrogens with zero attached hydrogens (tertiary/aromatic N) is 3. The first-order chi connectivity index (χ1) is 10.2. The van der Waals surface area contributed by atoms with Gasteiger partial charge >= 0.3 is 0 Å². The van der Waals surface area contributed by atoms with Gasteiger partial charge in [0.2, 0.25) is 0 Å². The lowest BCUT2D eigenvalue weighted by Crippen LogP contribution is -2.07. The zero-order valence-corrected chi connectivity index (χ0v) is 11.6. The van der Waals surface area contributed by atoms with Crippen molar-refractivity contribution in [3.8, 4) is 11.6 Å². The number of benzene rings is 1. The van der Waals surface area contributed by atoms with E-state index >= 15 is 0 Å². The number of pyridine rings is 1. The molecule has 3 rings (SSSR count). The highest BCUT2D eigenvalue weighted by molar-refractivity contribution is 5.46. The molecule has 0 aliphatic rings. The Hall–Kier alpha value is -2.82. The van der Waals surface area contributed by atoms with Crippen LogP contribution in [0.4, 0.5) is 5.69 Å². The summed E-state index contributed by atoms with van der Waals surface area (Å²) in [6, 6.07) is 13.1. The van der Waals surface area contributed by atoms with E-state index in [-0.39, 0.29) is 11.8 Å². The van der Waals surface area contributed by atoms with Gasteiger partial charge in [-0.15, -0.1) is 0 Å². The van der Waals surface area contributed by atoms with E-state index < -0.39 is 0 Å². The summed E-state index contributed by atoms with van der Waals surface area (Å²) in [4.78, 5) is 4.38. The Labute approximate surface area is 122 Å². The normalized spacial score (nSPS) is 12.0. The van der Waals surface area contributed by atoms with Crippen molar-refractivity contribution in [2.45, 2.75) is 13.0 Å². The van der Waals surface area contributed by atoms with Crippen LogP contribution in [0.1, 0.15) is 18.5 Å². The molecule has 5 heteroatoms. The van der Waals surface area contributed by atoms with Crippen molar-refractivity contribution < 1.29 is 5.11 Å². The van der Waals surface area contributed by atoms with Crippen molar-refractivity contribution in [2.75, 3.05) is 5.32 Å². The lowest BCUT2D eigenvalue weighted by atomic mass is 10.1. The molecule has 5 nitrogen and oxygen atoms in total. The lowest BCUT2D eigenvalue weighted by molar-refractivity contribution is 0.475. The van der Waals surface area contributed by atoms with Crippen LogP contribution in [0.3, 0.4) is 0 Å². The first kappa shape index (κ1) is 13.2. The minimum atomic E-state index is 0.128. The lowest BCUT2D eigenvalue weighted by Gasteiger charge is -2.15. The number of aromatic hydroxyl groups is 1. The third-order valence-corrected chi connectivity index (χ3v) is 3.26. The van der Waals surface area contributed by atoms with Crippen molar-refractivity contribution >= 4 is 5.69 Å². The summed E-state index contributed by atoms with van der Waals surface area (Å²) in [5.74, 6) is 1.05. The van der Waals surface area contributed by atoms with Gasteiger partial charge in [-0.05, 0) is 42.8 Å². The van der Waals surface area contributed by atoms with Crippen LogP contribution in [0.5, 0.6) is 5.75 Å². The molecule has 1 unspecified atom stereocenters. The van der Waals surface area contributed by atoms with Crippen LogP contribution in [-0.2, 0) is 0 Å². The van der Waals surface area contributed by atoms with Gasteiger partial charge in [0.05, 0.1) is 11.9 Å². The summed E-state index contributed by atoms with van der Waals surface area (Å²) >= 11 is 0. The summed E-state index contributed by atoms with van der Waals surface area (Å²) in [7, 11) is 0. The zero-order valence-electron chi connectivity index (χ0n) is 11.6. The Balaban J connectivity index is 1.71. The molecule has 2 N–H and O–H groups in total. The second-order valence-corrected chi connectivity index (χ2v) is 4.81. The maximum Gasteiger partial charge on any atom is 0.153 e. The molecule has 0 aliphatic carbocycles. The van der Waals surface area contributed by atoms with Crippen LogP contribution in [0.15, 0.2) is 61.1 Å².